The second-order valence-electron chi connectivity index (χ2n) is 7.09. The molecule has 1 aliphatic heterocycles. The first-order chi connectivity index (χ1) is 11.3. The topological polar surface area (TPSA) is 73.1 Å². The lowest BCUT2D eigenvalue weighted by molar-refractivity contribution is -0.135. The molecule has 0 saturated carbocycles. The van der Waals surface area contributed by atoms with Gasteiger partial charge in [0, 0.05) is 13.5 Å². The first-order valence-corrected chi connectivity index (χ1v) is 8.32. The highest BCUT2D eigenvalue weighted by atomic mass is 16.2. The zero-order valence-electron chi connectivity index (χ0n) is 14.5. The third kappa shape index (κ3) is 2.37. The first kappa shape index (κ1) is 16.5. The molecule has 2 amide bonds. The molecular weight excluding hydrogens is 306 g/mol. The molecule has 0 radical (unpaired) electrons. The van der Waals surface area contributed by atoms with Crippen molar-refractivity contribution < 1.29 is 9.59 Å². The van der Waals surface area contributed by atoms with Crippen LogP contribution in [0.2, 0.25) is 0 Å². The van der Waals surface area contributed by atoms with Gasteiger partial charge in [-0.1, -0.05) is 32.9 Å². The number of imidazole rings is 1. The number of rotatable bonds is 3. The summed E-state index contributed by atoms with van der Waals surface area (Å²) in [7, 11) is 1.74. The predicted molar refractivity (Wildman–Crippen MR) is 91.9 cm³/mol. The Morgan fingerprint density at radius 2 is 1.96 bits per heavy atom. The molecule has 2 heterocycles. The van der Waals surface area contributed by atoms with Crippen molar-refractivity contribution in [3.05, 3.63) is 34.2 Å². The zero-order chi connectivity index (χ0) is 17.6. The summed E-state index contributed by atoms with van der Waals surface area (Å²) < 4.78 is 3.15. The highest BCUT2D eigenvalue weighted by Gasteiger charge is 2.32. The predicted octanol–water partition coefficient (Wildman–Crippen LogP) is 2.01. The van der Waals surface area contributed by atoms with Crippen LogP contribution in [-0.2, 0) is 22.1 Å². The normalized spacial score (nSPS) is 18.9. The Labute approximate surface area is 140 Å². The number of imide groups is 1. The van der Waals surface area contributed by atoms with Crippen LogP contribution in [0.5, 0.6) is 0 Å². The molecule has 1 fully saturated rings. The van der Waals surface area contributed by atoms with Crippen LogP contribution >= 0.6 is 0 Å². The Hall–Kier alpha value is -2.37. The molecule has 6 heteroatoms. The average molecular weight is 329 g/mol. The van der Waals surface area contributed by atoms with Crippen molar-refractivity contribution in [2.45, 2.75) is 51.5 Å². The molecule has 24 heavy (non-hydrogen) atoms. The lowest BCUT2D eigenvalue weighted by atomic mass is 9.81. The van der Waals surface area contributed by atoms with Gasteiger partial charge in [0.15, 0.2) is 0 Å². The van der Waals surface area contributed by atoms with Gasteiger partial charge in [0.05, 0.1) is 11.0 Å². The molecule has 1 aromatic heterocycles. The molecule has 1 atom stereocenters. The number of aryl methyl sites for hydroxylation is 1. The molecule has 3 rings (SSSR count). The molecule has 0 aliphatic carbocycles. The van der Waals surface area contributed by atoms with Crippen LogP contribution in [-0.4, -0.2) is 20.9 Å². The summed E-state index contributed by atoms with van der Waals surface area (Å²) in [4.78, 5) is 36.5. The van der Waals surface area contributed by atoms with Crippen LogP contribution in [0.3, 0.4) is 0 Å². The quantitative estimate of drug-likeness (QED) is 0.876. The van der Waals surface area contributed by atoms with E-state index in [-0.39, 0.29) is 23.4 Å². The lowest BCUT2D eigenvalue weighted by Gasteiger charge is -2.25. The monoisotopic (exact) mass is 329 g/mol. The Morgan fingerprint density at radius 1 is 1.25 bits per heavy atom. The van der Waals surface area contributed by atoms with Crippen molar-refractivity contribution in [1.82, 2.24) is 14.5 Å². The molecule has 1 aromatic carbocycles. The molecule has 1 N–H and O–H groups in total. The van der Waals surface area contributed by atoms with E-state index in [4.69, 9.17) is 0 Å². The number of carbonyl (C=O) groups is 2. The summed E-state index contributed by atoms with van der Waals surface area (Å²) >= 11 is 0. The van der Waals surface area contributed by atoms with Crippen LogP contribution in [0, 0.1) is 0 Å². The van der Waals surface area contributed by atoms with Gasteiger partial charge in [-0.2, -0.15) is 0 Å². The molecule has 6 nitrogen and oxygen atoms in total. The number of hydrogen-bond acceptors (Lipinski definition) is 3. The Bertz CT molecular complexity index is 889. The number of nitrogens with zero attached hydrogens (tertiary/aromatic N) is 2. The van der Waals surface area contributed by atoms with Crippen molar-refractivity contribution in [1.29, 1.82) is 0 Å². The number of amides is 2. The number of nitrogens with one attached hydrogen (secondary N) is 1. The standard InChI is InChI=1S/C18H23N3O3/c1-5-18(2,3)11-7-6-8-12-15(11)20(4)17(24)21(12)13-9-10-14(22)19-16(13)23/h6-8,13H,5,9-10H2,1-4H3,(H,19,22,23)/t13-/m0/s1. The van der Waals surface area contributed by atoms with E-state index in [9.17, 15) is 14.4 Å². The van der Waals surface area contributed by atoms with Crippen LogP contribution in [0.25, 0.3) is 11.0 Å². The highest BCUT2D eigenvalue weighted by Crippen LogP contribution is 2.33. The molecule has 0 unspecified atom stereocenters. The van der Waals surface area contributed by atoms with E-state index in [0.29, 0.717) is 6.42 Å². The zero-order valence-corrected chi connectivity index (χ0v) is 14.5. The maximum atomic E-state index is 12.8. The first-order valence-electron chi connectivity index (χ1n) is 8.32. The van der Waals surface area contributed by atoms with Gasteiger partial charge < -0.3 is 0 Å². The second kappa shape index (κ2) is 5.61. The molecule has 1 aliphatic rings. The summed E-state index contributed by atoms with van der Waals surface area (Å²) in [5.74, 6) is -0.682. The van der Waals surface area contributed by atoms with E-state index in [1.54, 1.807) is 11.6 Å². The van der Waals surface area contributed by atoms with Gasteiger partial charge in [-0.3, -0.25) is 24.0 Å². The van der Waals surface area contributed by atoms with Crippen molar-refractivity contribution in [2.24, 2.45) is 7.05 Å². The fourth-order valence-electron chi connectivity index (χ4n) is 3.40. The van der Waals surface area contributed by atoms with Crippen molar-refractivity contribution in [3.8, 4) is 0 Å². The number of para-hydroxylation sites is 1. The number of hydrogen-bond donors (Lipinski definition) is 1. The number of carbonyl (C=O) groups excluding carboxylic acids is 2. The summed E-state index contributed by atoms with van der Waals surface area (Å²) in [6.07, 6.45) is 1.54. The van der Waals surface area contributed by atoms with E-state index >= 15 is 0 Å². The Morgan fingerprint density at radius 3 is 2.58 bits per heavy atom. The van der Waals surface area contributed by atoms with E-state index in [2.05, 4.69) is 26.1 Å². The molecular formula is C18H23N3O3. The van der Waals surface area contributed by atoms with E-state index in [0.717, 1.165) is 23.0 Å². The average Bonchev–Trinajstić information content (AvgIpc) is 2.79. The minimum absolute atomic E-state index is 0.0827. The fraction of sp³-hybridized carbons (Fsp3) is 0.500. The summed E-state index contributed by atoms with van der Waals surface area (Å²) in [6, 6.07) is 5.20. The number of aromatic nitrogens is 2. The SMILES string of the molecule is CCC(C)(C)c1cccc2c1n(C)c(=O)n2[C@H]1CCC(=O)NC1=O. The number of benzene rings is 1. The largest absolute Gasteiger partial charge is 0.329 e. The Balaban J connectivity index is 2.27. The number of piperidine rings is 1. The van der Waals surface area contributed by atoms with Gasteiger partial charge in [-0.25, -0.2) is 4.79 Å². The van der Waals surface area contributed by atoms with Crippen molar-refractivity contribution in [2.75, 3.05) is 0 Å². The maximum absolute atomic E-state index is 12.8. The van der Waals surface area contributed by atoms with Gasteiger partial charge in [0.25, 0.3) is 0 Å². The minimum atomic E-state index is -0.640. The van der Waals surface area contributed by atoms with Gasteiger partial charge in [0.2, 0.25) is 11.8 Å². The molecule has 128 valence electrons. The molecule has 1 saturated heterocycles. The lowest BCUT2D eigenvalue weighted by Crippen LogP contribution is -2.44. The van der Waals surface area contributed by atoms with Crippen LogP contribution in [0.1, 0.15) is 51.6 Å². The molecule has 2 aromatic rings. The summed E-state index contributed by atoms with van der Waals surface area (Å²) in [5.41, 5.74) is 2.39. The van der Waals surface area contributed by atoms with Crippen LogP contribution in [0.4, 0.5) is 0 Å². The van der Waals surface area contributed by atoms with E-state index in [1.165, 1.54) is 4.57 Å². The van der Waals surface area contributed by atoms with Crippen molar-refractivity contribution >= 4 is 22.8 Å². The summed E-state index contributed by atoms with van der Waals surface area (Å²) in [5, 5.41) is 2.34. The fourth-order valence-corrected chi connectivity index (χ4v) is 3.40. The third-order valence-corrected chi connectivity index (χ3v) is 5.24. The Kier molecular flexibility index (Phi) is 3.86. The van der Waals surface area contributed by atoms with Gasteiger partial charge in [-0.15, -0.1) is 0 Å². The van der Waals surface area contributed by atoms with Gasteiger partial charge in [0.1, 0.15) is 6.04 Å². The molecule has 0 spiro atoms. The van der Waals surface area contributed by atoms with Crippen molar-refractivity contribution in [3.63, 3.8) is 0 Å². The second-order valence-corrected chi connectivity index (χ2v) is 7.09. The summed E-state index contributed by atoms with van der Waals surface area (Å²) in [6.45, 7) is 6.42. The third-order valence-electron chi connectivity index (χ3n) is 5.24. The van der Waals surface area contributed by atoms with E-state index in [1.807, 2.05) is 18.2 Å². The minimum Gasteiger partial charge on any atom is -0.295 e. The van der Waals surface area contributed by atoms with Crippen LogP contribution in [0.15, 0.2) is 23.0 Å². The van der Waals surface area contributed by atoms with Gasteiger partial charge >= 0.3 is 5.69 Å². The van der Waals surface area contributed by atoms with E-state index < -0.39 is 11.9 Å². The molecule has 0 bridgehead atoms. The smallest absolute Gasteiger partial charge is 0.295 e. The highest BCUT2D eigenvalue weighted by molar-refractivity contribution is 6.00. The number of fused-ring (bicyclic) bond motifs is 1. The van der Waals surface area contributed by atoms with Crippen LogP contribution < -0.4 is 11.0 Å². The van der Waals surface area contributed by atoms with Gasteiger partial charge in [-0.05, 0) is 29.9 Å². The maximum Gasteiger partial charge on any atom is 0.329 e.